The van der Waals surface area contributed by atoms with Crippen molar-refractivity contribution in [1.29, 1.82) is 0 Å². The van der Waals surface area contributed by atoms with E-state index < -0.39 is 0 Å². The number of halogens is 1. The van der Waals surface area contributed by atoms with Gasteiger partial charge in [-0.1, -0.05) is 28.9 Å². The fourth-order valence-electron chi connectivity index (χ4n) is 2.73. The highest BCUT2D eigenvalue weighted by Crippen LogP contribution is 2.13. The molecule has 0 saturated carbocycles. The number of benzene rings is 1. The summed E-state index contributed by atoms with van der Waals surface area (Å²) in [6.07, 6.45) is 0.380. The molecule has 1 aliphatic rings. The third-order valence-electron chi connectivity index (χ3n) is 4.02. The second kappa shape index (κ2) is 7.74. The summed E-state index contributed by atoms with van der Waals surface area (Å²) < 4.78 is 5.00. The zero-order valence-corrected chi connectivity index (χ0v) is 14.1. The number of hydrogen-bond acceptors (Lipinski definition) is 6. The standard InChI is InChI=1S/C16H20ClN5O2/c17-13-3-1-2-12(8-13)9-16(23)22-6-4-21(5-7-22)11-14-19-15(10-18)24-20-14/h1-3,8H,4-7,9-11,18H2. The second-order valence-corrected chi connectivity index (χ2v) is 6.21. The van der Waals surface area contributed by atoms with Gasteiger partial charge in [0.2, 0.25) is 11.8 Å². The van der Waals surface area contributed by atoms with E-state index >= 15 is 0 Å². The molecule has 8 heteroatoms. The molecule has 128 valence electrons. The summed E-state index contributed by atoms with van der Waals surface area (Å²) in [5.74, 6) is 1.20. The first-order valence-corrected chi connectivity index (χ1v) is 8.28. The predicted octanol–water partition coefficient (Wildman–Crippen LogP) is 1.07. The van der Waals surface area contributed by atoms with Crippen molar-refractivity contribution in [3.8, 4) is 0 Å². The van der Waals surface area contributed by atoms with E-state index in [9.17, 15) is 4.79 Å². The summed E-state index contributed by atoms with van der Waals surface area (Å²) in [4.78, 5) is 20.7. The topological polar surface area (TPSA) is 88.5 Å². The van der Waals surface area contributed by atoms with Gasteiger partial charge in [-0.25, -0.2) is 0 Å². The van der Waals surface area contributed by atoms with Crippen LogP contribution in [0.1, 0.15) is 17.3 Å². The van der Waals surface area contributed by atoms with Crippen LogP contribution in [0.15, 0.2) is 28.8 Å². The molecule has 1 aromatic heterocycles. The van der Waals surface area contributed by atoms with Crippen molar-refractivity contribution < 1.29 is 9.32 Å². The van der Waals surface area contributed by atoms with Gasteiger partial charge in [-0.2, -0.15) is 4.98 Å². The smallest absolute Gasteiger partial charge is 0.240 e. The lowest BCUT2D eigenvalue weighted by Gasteiger charge is -2.34. The van der Waals surface area contributed by atoms with Crippen LogP contribution >= 0.6 is 11.6 Å². The van der Waals surface area contributed by atoms with Crippen LogP contribution < -0.4 is 5.73 Å². The van der Waals surface area contributed by atoms with E-state index in [0.717, 1.165) is 18.7 Å². The van der Waals surface area contributed by atoms with Crippen LogP contribution in [0, 0.1) is 0 Å². The number of amides is 1. The van der Waals surface area contributed by atoms with Gasteiger partial charge in [0.15, 0.2) is 5.82 Å². The monoisotopic (exact) mass is 349 g/mol. The Bertz CT molecular complexity index is 697. The molecule has 1 aromatic carbocycles. The molecule has 0 unspecified atom stereocenters. The summed E-state index contributed by atoms with van der Waals surface area (Å²) in [5, 5.41) is 4.55. The second-order valence-electron chi connectivity index (χ2n) is 5.77. The van der Waals surface area contributed by atoms with E-state index in [0.29, 0.717) is 42.8 Å². The summed E-state index contributed by atoms with van der Waals surface area (Å²) in [5.41, 5.74) is 6.40. The molecule has 0 spiro atoms. The molecule has 1 amide bonds. The number of nitrogens with zero attached hydrogens (tertiary/aromatic N) is 4. The Morgan fingerprint density at radius 3 is 2.75 bits per heavy atom. The molecule has 7 nitrogen and oxygen atoms in total. The maximum absolute atomic E-state index is 12.4. The van der Waals surface area contributed by atoms with Crippen molar-refractivity contribution in [2.75, 3.05) is 26.2 Å². The molecular formula is C16H20ClN5O2. The van der Waals surface area contributed by atoms with Crippen molar-refractivity contribution in [2.24, 2.45) is 5.73 Å². The van der Waals surface area contributed by atoms with Gasteiger partial charge in [-0.15, -0.1) is 0 Å². The lowest BCUT2D eigenvalue weighted by Crippen LogP contribution is -2.48. The van der Waals surface area contributed by atoms with Crippen LogP contribution in [0.5, 0.6) is 0 Å². The largest absolute Gasteiger partial charge is 0.340 e. The summed E-state index contributed by atoms with van der Waals surface area (Å²) in [6.45, 7) is 3.82. The molecular weight excluding hydrogens is 330 g/mol. The van der Waals surface area contributed by atoms with Crippen LogP contribution in [0.25, 0.3) is 0 Å². The molecule has 2 N–H and O–H groups in total. The molecule has 0 radical (unpaired) electrons. The average Bonchev–Trinajstić information content (AvgIpc) is 3.03. The van der Waals surface area contributed by atoms with Gasteiger partial charge in [0.1, 0.15) is 0 Å². The van der Waals surface area contributed by atoms with Crippen LogP contribution in [-0.2, 0) is 24.3 Å². The van der Waals surface area contributed by atoms with Gasteiger partial charge in [-0.05, 0) is 17.7 Å². The van der Waals surface area contributed by atoms with Gasteiger partial charge >= 0.3 is 0 Å². The first-order chi connectivity index (χ1) is 11.6. The summed E-state index contributed by atoms with van der Waals surface area (Å²) >= 11 is 5.96. The molecule has 1 saturated heterocycles. The van der Waals surface area contributed by atoms with E-state index in [1.807, 2.05) is 29.2 Å². The lowest BCUT2D eigenvalue weighted by molar-refractivity contribution is -0.132. The minimum Gasteiger partial charge on any atom is -0.340 e. The molecule has 1 aliphatic heterocycles. The lowest BCUT2D eigenvalue weighted by atomic mass is 10.1. The fraction of sp³-hybridized carbons (Fsp3) is 0.438. The van der Waals surface area contributed by atoms with Gasteiger partial charge in [0.05, 0.1) is 19.5 Å². The molecule has 0 atom stereocenters. The highest BCUT2D eigenvalue weighted by atomic mass is 35.5. The van der Waals surface area contributed by atoms with Gasteiger partial charge in [0, 0.05) is 31.2 Å². The zero-order chi connectivity index (χ0) is 16.9. The number of carbonyl (C=O) groups excluding carboxylic acids is 1. The zero-order valence-electron chi connectivity index (χ0n) is 13.3. The van der Waals surface area contributed by atoms with Gasteiger partial charge in [0.25, 0.3) is 0 Å². The van der Waals surface area contributed by atoms with E-state index in [2.05, 4.69) is 15.0 Å². The van der Waals surface area contributed by atoms with Crippen LogP contribution in [0.2, 0.25) is 5.02 Å². The minimum absolute atomic E-state index is 0.127. The van der Waals surface area contributed by atoms with Gasteiger partial charge in [-0.3, -0.25) is 9.69 Å². The Kier molecular flexibility index (Phi) is 5.44. The normalized spacial score (nSPS) is 15.7. The quantitative estimate of drug-likeness (QED) is 0.868. The number of carbonyl (C=O) groups is 1. The maximum atomic E-state index is 12.4. The van der Waals surface area contributed by atoms with Crippen molar-refractivity contribution in [3.05, 3.63) is 46.6 Å². The van der Waals surface area contributed by atoms with Crippen molar-refractivity contribution in [1.82, 2.24) is 19.9 Å². The molecule has 24 heavy (non-hydrogen) atoms. The molecule has 0 aliphatic carbocycles. The van der Waals surface area contributed by atoms with Crippen LogP contribution in [0.4, 0.5) is 0 Å². The SMILES string of the molecule is NCc1nc(CN2CCN(C(=O)Cc3cccc(Cl)c3)CC2)no1. The first kappa shape index (κ1) is 16.9. The highest BCUT2D eigenvalue weighted by molar-refractivity contribution is 6.30. The fourth-order valence-corrected chi connectivity index (χ4v) is 2.94. The van der Waals surface area contributed by atoms with E-state index in [1.54, 1.807) is 0 Å². The molecule has 2 aromatic rings. The third kappa shape index (κ3) is 4.31. The molecule has 2 heterocycles. The Labute approximate surface area is 145 Å². The highest BCUT2D eigenvalue weighted by Gasteiger charge is 2.22. The number of aromatic nitrogens is 2. The Hall–Kier alpha value is -1.96. The molecule has 1 fully saturated rings. The van der Waals surface area contributed by atoms with Crippen LogP contribution in [-0.4, -0.2) is 52.0 Å². The number of piperazine rings is 1. The Morgan fingerprint density at radius 2 is 2.08 bits per heavy atom. The van der Waals surface area contributed by atoms with E-state index in [1.165, 1.54) is 0 Å². The van der Waals surface area contributed by atoms with Crippen molar-refractivity contribution in [3.63, 3.8) is 0 Å². The van der Waals surface area contributed by atoms with Gasteiger partial charge < -0.3 is 15.2 Å². The number of nitrogens with two attached hydrogens (primary N) is 1. The average molecular weight is 350 g/mol. The first-order valence-electron chi connectivity index (χ1n) is 7.90. The number of hydrogen-bond donors (Lipinski definition) is 1. The maximum Gasteiger partial charge on any atom is 0.240 e. The van der Waals surface area contributed by atoms with E-state index in [4.69, 9.17) is 21.9 Å². The minimum atomic E-state index is 0.127. The Balaban J connectivity index is 1.48. The third-order valence-corrected chi connectivity index (χ3v) is 4.25. The van der Waals surface area contributed by atoms with Crippen molar-refractivity contribution in [2.45, 2.75) is 19.5 Å². The van der Waals surface area contributed by atoms with Crippen LogP contribution in [0.3, 0.4) is 0 Å². The summed E-state index contributed by atoms with van der Waals surface area (Å²) in [6, 6.07) is 7.43. The Morgan fingerprint density at radius 1 is 1.29 bits per heavy atom. The summed E-state index contributed by atoms with van der Waals surface area (Å²) in [7, 11) is 0. The number of rotatable bonds is 5. The predicted molar refractivity (Wildman–Crippen MR) is 89.2 cm³/mol. The van der Waals surface area contributed by atoms with Crippen molar-refractivity contribution >= 4 is 17.5 Å². The van der Waals surface area contributed by atoms with E-state index in [-0.39, 0.29) is 12.5 Å². The molecule has 0 bridgehead atoms. The molecule has 3 rings (SSSR count).